The lowest BCUT2D eigenvalue weighted by atomic mass is 10.4. The van der Waals surface area contributed by atoms with Gasteiger partial charge >= 0.3 is 0 Å². The van der Waals surface area contributed by atoms with Gasteiger partial charge in [0.2, 0.25) is 5.91 Å². The summed E-state index contributed by atoms with van der Waals surface area (Å²) in [5, 5.41) is 9.93. The number of amides is 1. The monoisotopic (exact) mass is 267 g/mol. The van der Waals surface area contributed by atoms with Crippen molar-refractivity contribution in [3.8, 4) is 0 Å². The molecular formula is C10H13N5O2S. The van der Waals surface area contributed by atoms with Crippen molar-refractivity contribution in [3.63, 3.8) is 0 Å². The zero-order valence-corrected chi connectivity index (χ0v) is 10.8. The first kappa shape index (κ1) is 12.6. The Morgan fingerprint density at radius 2 is 2.33 bits per heavy atom. The summed E-state index contributed by atoms with van der Waals surface area (Å²) in [4.78, 5) is 29.8. The molecule has 0 saturated carbocycles. The van der Waals surface area contributed by atoms with Crippen molar-refractivity contribution in [3.05, 3.63) is 16.6 Å². The maximum absolute atomic E-state index is 11.6. The second-order valence-corrected chi connectivity index (χ2v) is 4.98. The molecular weight excluding hydrogens is 254 g/mol. The summed E-state index contributed by atoms with van der Waals surface area (Å²) in [7, 11) is 0. The highest BCUT2D eigenvalue weighted by atomic mass is 32.2. The molecule has 0 radical (unpaired) electrons. The highest BCUT2D eigenvalue weighted by Crippen LogP contribution is 2.12. The molecule has 1 amide bonds. The third kappa shape index (κ3) is 2.89. The summed E-state index contributed by atoms with van der Waals surface area (Å²) in [6, 6.07) is 0.0974. The van der Waals surface area contributed by atoms with E-state index in [0.717, 1.165) is 0 Å². The summed E-state index contributed by atoms with van der Waals surface area (Å²) in [6.45, 7) is 3.78. The van der Waals surface area contributed by atoms with E-state index in [1.807, 2.05) is 13.8 Å². The average molecular weight is 267 g/mol. The molecule has 2 aromatic heterocycles. The fourth-order valence-electron chi connectivity index (χ4n) is 1.39. The van der Waals surface area contributed by atoms with Crippen LogP contribution in [-0.2, 0) is 4.79 Å². The number of aromatic nitrogens is 4. The lowest BCUT2D eigenvalue weighted by Gasteiger charge is -2.07. The summed E-state index contributed by atoms with van der Waals surface area (Å²) in [5.74, 6) is 0.114. The van der Waals surface area contributed by atoms with Crippen molar-refractivity contribution in [2.45, 2.75) is 25.0 Å². The van der Waals surface area contributed by atoms with Crippen molar-refractivity contribution < 1.29 is 4.79 Å². The third-order valence-corrected chi connectivity index (χ3v) is 2.96. The predicted octanol–water partition coefficient (Wildman–Crippen LogP) is 0.263. The molecule has 96 valence electrons. The first-order chi connectivity index (χ1) is 8.56. The fourth-order valence-corrected chi connectivity index (χ4v) is 2.06. The minimum atomic E-state index is -0.263. The van der Waals surface area contributed by atoms with E-state index in [1.54, 1.807) is 0 Å². The molecule has 0 aliphatic heterocycles. The van der Waals surface area contributed by atoms with Gasteiger partial charge in [-0.25, -0.2) is 4.98 Å². The van der Waals surface area contributed by atoms with Gasteiger partial charge in [-0.3, -0.25) is 14.7 Å². The van der Waals surface area contributed by atoms with Gasteiger partial charge in [0, 0.05) is 6.04 Å². The van der Waals surface area contributed by atoms with Crippen molar-refractivity contribution in [1.82, 2.24) is 25.5 Å². The number of carbonyl (C=O) groups is 1. The third-order valence-electron chi connectivity index (χ3n) is 2.09. The smallest absolute Gasteiger partial charge is 0.262 e. The van der Waals surface area contributed by atoms with Crippen molar-refractivity contribution in [2.24, 2.45) is 0 Å². The minimum Gasteiger partial charge on any atom is -0.353 e. The Hall–Kier alpha value is -1.83. The maximum Gasteiger partial charge on any atom is 0.262 e. The number of rotatable bonds is 4. The SMILES string of the molecule is CC(C)NC(=O)CSc1nc2[nH]ncc2c(=O)[nH]1. The zero-order chi connectivity index (χ0) is 13.1. The zero-order valence-electron chi connectivity index (χ0n) is 9.98. The molecule has 0 saturated heterocycles. The lowest BCUT2D eigenvalue weighted by molar-refractivity contribution is -0.119. The van der Waals surface area contributed by atoms with E-state index in [-0.39, 0.29) is 23.3 Å². The standard InChI is InChI=1S/C10H13N5O2S/c1-5(2)12-7(16)4-18-10-13-8-6(3-11-15-8)9(17)14-10/h3,5H,4H2,1-2H3,(H,12,16)(H2,11,13,14,15,17). The van der Waals surface area contributed by atoms with Crippen LogP contribution >= 0.6 is 11.8 Å². The van der Waals surface area contributed by atoms with Crippen LogP contribution in [0.2, 0.25) is 0 Å². The quantitative estimate of drug-likeness (QED) is 0.544. The largest absolute Gasteiger partial charge is 0.353 e. The van der Waals surface area contributed by atoms with Gasteiger partial charge in [-0.15, -0.1) is 0 Å². The van der Waals surface area contributed by atoms with E-state index in [4.69, 9.17) is 0 Å². The van der Waals surface area contributed by atoms with Crippen molar-refractivity contribution in [1.29, 1.82) is 0 Å². The second kappa shape index (κ2) is 5.21. The second-order valence-electron chi connectivity index (χ2n) is 4.01. The minimum absolute atomic E-state index is 0.0950. The van der Waals surface area contributed by atoms with E-state index < -0.39 is 0 Å². The topological polar surface area (TPSA) is 104 Å². The molecule has 3 N–H and O–H groups in total. The molecule has 18 heavy (non-hydrogen) atoms. The molecule has 0 atom stereocenters. The van der Waals surface area contributed by atoms with Gasteiger partial charge in [-0.2, -0.15) is 5.10 Å². The van der Waals surface area contributed by atoms with Crippen LogP contribution in [0.5, 0.6) is 0 Å². The van der Waals surface area contributed by atoms with Gasteiger partial charge in [0.15, 0.2) is 10.8 Å². The normalized spacial score (nSPS) is 11.1. The Morgan fingerprint density at radius 3 is 3.06 bits per heavy atom. The van der Waals surface area contributed by atoms with Gasteiger partial charge in [-0.05, 0) is 13.8 Å². The van der Waals surface area contributed by atoms with Crippen molar-refractivity contribution in [2.75, 3.05) is 5.75 Å². The van der Waals surface area contributed by atoms with Crippen LogP contribution in [0.15, 0.2) is 16.1 Å². The summed E-state index contributed by atoms with van der Waals surface area (Å²) >= 11 is 1.18. The van der Waals surface area contributed by atoms with Crippen LogP contribution < -0.4 is 10.9 Å². The van der Waals surface area contributed by atoms with Crippen LogP contribution in [0, 0.1) is 0 Å². The number of thioether (sulfide) groups is 1. The molecule has 0 aliphatic rings. The van der Waals surface area contributed by atoms with Gasteiger partial charge in [0.25, 0.3) is 5.56 Å². The number of nitrogens with one attached hydrogen (secondary N) is 3. The van der Waals surface area contributed by atoms with E-state index >= 15 is 0 Å². The van der Waals surface area contributed by atoms with Crippen LogP contribution in [0.4, 0.5) is 0 Å². The summed E-state index contributed by atoms with van der Waals surface area (Å²) in [5.41, 5.74) is 0.158. The Bertz CT molecular complexity index is 618. The van der Waals surface area contributed by atoms with E-state index in [0.29, 0.717) is 16.2 Å². The van der Waals surface area contributed by atoms with Gasteiger partial charge < -0.3 is 10.3 Å². The number of hydrogen-bond acceptors (Lipinski definition) is 5. The number of fused-ring (bicyclic) bond motifs is 1. The molecule has 0 bridgehead atoms. The van der Waals surface area contributed by atoms with E-state index in [2.05, 4.69) is 25.5 Å². The molecule has 0 aromatic carbocycles. The maximum atomic E-state index is 11.6. The number of hydrogen-bond donors (Lipinski definition) is 3. The first-order valence-electron chi connectivity index (χ1n) is 5.42. The molecule has 7 nitrogen and oxygen atoms in total. The number of carbonyl (C=O) groups excluding carboxylic acids is 1. The molecule has 8 heteroatoms. The molecule has 2 aromatic rings. The van der Waals surface area contributed by atoms with Crippen LogP contribution in [0.3, 0.4) is 0 Å². The number of nitrogens with zero attached hydrogens (tertiary/aromatic N) is 2. The number of aromatic amines is 2. The highest BCUT2D eigenvalue weighted by Gasteiger charge is 2.08. The van der Waals surface area contributed by atoms with Crippen LogP contribution in [0.1, 0.15) is 13.8 Å². The molecule has 2 rings (SSSR count). The predicted molar refractivity (Wildman–Crippen MR) is 68.5 cm³/mol. The van der Waals surface area contributed by atoms with Crippen molar-refractivity contribution >= 4 is 28.7 Å². The van der Waals surface area contributed by atoms with E-state index in [1.165, 1.54) is 18.0 Å². The summed E-state index contributed by atoms with van der Waals surface area (Å²) < 4.78 is 0. The Balaban J connectivity index is 2.08. The lowest BCUT2D eigenvalue weighted by Crippen LogP contribution is -2.31. The van der Waals surface area contributed by atoms with Gasteiger partial charge in [0.05, 0.1) is 11.9 Å². The van der Waals surface area contributed by atoms with Gasteiger partial charge in [0.1, 0.15) is 5.39 Å². The molecule has 0 unspecified atom stereocenters. The van der Waals surface area contributed by atoms with Gasteiger partial charge in [-0.1, -0.05) is 11.8 Å². The molecule has 0 fully saturated rings. The summed E-state index contributed by atoms with van der Waals surface area (Å²) in [6.07, 6.45) is 1.42. The first-order valence-corrected chi connectivity index (χ1v) is 6.40. The van der Waals surface area contributed by atoms with Crippen LogP contribution in [0.25, 0.3) is 11.0 Å². The Kier molecular flexibility index (Phi) is 3.66. The number of H-pyrrole nitrogens is 2. The average Bonchev–Trinajstić information content (AvgIpc) is 2.74. The molecule has 0 aliphatic carbocycles. The Morgan fingerprint density at radius 1 is 1.56 bits per heavy atom. The van der Waals surface area contributed by atoms with Crippen LogP contribution in [-0.4, -0.2) is 37.9 Å². The highest BCUT2D eigenvalue weighted by molar-refractivity contribution is 7.99. The van der Waals surface area contributed by atoms with E-state index in [9.17, 15) is 9.59 Å². The molecule has 2 heterocycles. The fraction of sp³-hybridized carbons (Fsp3) is 0.400. The molecule has 0 spiro atoms. The Labute approximate surface area is 107 Å².